The molecule has 0 bridgehead atoms. The topological polar surface area (TPSA) is 36.7 Å². The summed E-state index contributed by atoms with van der Waals surface area (Å²) < 4.78 is 20.7. The van der Waals surface area contributed by atoms with Crippen molar-refractivity contribution in [2.24, 2.45) is 0 Å². The third-order valence-corrected chi connectivity index (χ3v) is 5.35. The summed E-state index contributed by atoms with van der Waals surface area (Å²) in [4.78, 5) is 16.7. The summed E-state index contributed by atoms with van der Waals surface area (Å²) in [5.74, 6) is 0.0476. The smallest absolute Gasteiger partial charge is 0.290 e. The lowest BCUT2D eigenvalue weighted by Gasteiger charge is -2.35. The van der Waals surface area contributed by atoms with Crippen molar-refractivity contribution >= 4 is 38.5 Å². The molecule has 0 N–H and O–H groups in total. The van der Waals surface area contributed by atoms with Crippen LogP contribution in [0.3, 0.4) is 0 Å². The van der Waals surface area contributed by atoms with Gasteiger partial charge < -0.3 is 14.2 Å². The Morgan fingerprint density at radius 1 is 1.12 bits per heavy atom. The molecular weight excluding hydrogens is 399 g/mol. The summed E-state index contributed by atoms with van der Waals surface area (Å²) in [7, 11) is 0. The molecule has 2 aromatic carbocycles. The molecule has 6 heteroatoms. The van der Waals surface area contributed by atoms with Gasteiger partial charge in [0, 0.05) is 41.6 Å². The summed E-state index contributed by atoms with van der Waals surface area (Å²) in [6, 6.07) is 12.5. The highest BCUT2D eigenvalue weighted by Crippen LogP contribution is 2.29. The summed E-state index contributed by atoms with van der Waals surface area (Å²) in [6.07, 6.45) is 0. The average molecular weight is 417 g/mol. The highest BCUT2D eigenvalue weighted by molar-refractivity contribution is 9.10. The first-order valence-electron chi connectivity index (χ1n) is 8.52. The van der Waals surface area contributed by atoms with Gasteiger partial charge in [0.25, 0.3) is 5.91 Å². The molecule has 0 spiro atoms. The van der Waals surface area contributed by atoms with Crippen LogP contribution in [0.2, 0.25) is 0 Å². The number of aryl methyl sites for hydroxylation is 1. The number of rotatable bonds is 2. The molecule has 4 rings (SSSR count). The van der Waals surface area contributed by atoms with E-state index >= 15 is 0 Å². The number of carbonyl (C=O) groups excluding carboxylic acids is 1. The Kier molecular flexibility index (Phi) is 4.44. The van der Waals surface area contributed by atoms with Crippen LogP contribution in [0.4, 0.5) is 10.1 Å². The van der Waals surface area contributed by atoms with Crippen molar-refractivity contribution in [2.45, 2.75) is 6.92 Å². The molecular formula is C20H18BrFN2O2. The quantitative estimate of drug-likeness (QED) is 0.612. The number of benzene rings is 2. The molecule has 1 amide bonds. The van der Waals surface area contributed by atoms with Crippen LogP contribution in [0.5, 0.6) is 0 Å². The summed E-state index contributed by atoms with van der Waals surface area (Å²) in [5.41, 5.74) is 2.14. The van der Waals surface area contributed by atoms with Crippen molar-refractivity contribution in [3.63, 3.8) is 0 Å². The minimum atomic E-state index is -0.231. The standard InChI is InChI=1S/C20H18BrFN2O2/c1-13-15-12-14(21)6-7-18(15)26-19(13)20(25)24-10-8-23(9-11-24)17-5-3-2-4-16(17)22/h2-7,12H,8-11H2,1H3. The van der Waals surface area contributed by atoms with Crippen LogP contribution in [0.15, 0.2) is 51.4 Å². The fourth-order valence-corrected chi connectivity index (χ4v) is 3.76. The normalized spacial score (nSPS) is 14.9. The zero-order chi connectivity index (χ0) is 18.3. The molecule has 1 saturated heterocycles. The van der Waals surface area contributed by atoms with Crippen molar-refractivity contribution in [3.05, 3.63) is 64.1 Å². The Balaban J connectivity index is 1.52. The van der Waals surface area contributed by atoms with E-state index in [9.17, 15) is 9.18 Å². The van der Waals surface area contributed by atoms with Gasteiger partial charge in [-0.3, -0.25) is 4.79 Å². The Labute approximate surface area is 159 Å². The van der Waals surface area contributed by atoms with E-state index in [1.165, 1.54) is 6.07 Å². The molecule has 1 aromatic heterocycles. The monoisotopic (exact) mass is 416 g/mol. The number of hydrogen-bond acceptors (Lipinski definition) is 3. The van der Waals surface area contributed by atoms with E-state index in [0.717, 1.165) is 15.4 Å². The molecule has 0 atom stereocenters. The first-order valence-corrected chi connectivity index (χ1v) is 9.31. The number of amides is 1. The van der Waals surface area contributed by atoms with Crippen molar-refractivity contribution in [3.8, 4) is 0 Å². The number of piperazine rings is 1. The first-order chi connectivity index (χ1) is 12.5. The number of furan rings is 1. The zero-order valence-corrected chi connectivity index (χ0v) is 15.9. The van der Waals surface area contributed by atoms with Gasteiger partial charge in [-0.1, -0.05) is 28.1 Å². The minimum Gasteiger partial charge on any atom is -0.451 e. The maximum absolute atomic E-state index is 14.0. The number of fused-ring (bicyclic) bond motifs is 1. The number of carbonyl (C=O) groups is 1. The van der Waals surface area contributed by atoms with Gasteiger partial charge in [-0.2, -0.15) is 0 Å². The van der Waals surface area contributed by atoms with Crippen molar-refractivity contribution in [1.82, 2.24) is 4.90 Å². The highest BCUT2D eigenvalue weighted by atomic mass is 79.9. The fourth-order valence-electron chi connectivity index (χ4n) is 3.40. The molecule has 1 aliphatic heterocycles. The van der Waals surface area contributed by atoms with Gasteiger partial charge in [0.15, 0.2) is 5.76 Å². The Bertz CT molecular complexity index is 977. The molecule has 0 radical (unpaired) electrons. The van der Waals surface area contributed by atoms with Crippen LogP contribution in [0.25, 0.3) is 11.0 Å². The van der Waals surface area contributed by atoms with Crippen LogP contribution >= 0.6 is 15.9 Å². The summed E-state index contributed by atoms with van der Waals surface area (Å²) >= 11 is 3.45. The molecule has 3 aromatic rings. The largest absolute Gasteiger partial charge is 0.451 e. The van der Waals surface area contributed by atoms with Gasteiger partial charge in [-0.15, -0.1) is 0 Å². The van der Waals surface area contributed by atoms with Gasteiger partial charge in [0.1, 0.15) is 11.4 Å². The number of anilines is 1. The molecule has 0 aliphatic carbocycles. The molecule has 0 unspecified atom stereocenters. The third kappa shape index (κ3) is 2.98. The van der Waals surface area contributed by atoms with Gasteiger partial charge in [-0.05, 0) is 37.3 Å². The third-order valence-electron chi connectivity index (χ3n) is 4.85. The Morgan fingerprint density at radius 2 is 1.85 bits per heavy atom. The Morgan fingerprint density at radius 3 is 2.58 bits per heavy atom. The predicted octanol–water partition coefficient (Wildman–Crippen LogP) is 4.61. The lowest BCUT2D eigenvalue weighted by Crippen LogP contribution is -2.49. The number of halogens is 2. The number of hydrogen-bond donors (Lipinski definition) is 0. The second kappa shape index (κ2) is 6.76. The molecule has 26 heavy (non-hydrogen) atoms. The van der Waals surface area contributed by atoms with Gasteiger partial charge in [0.2, 0.25) is 0 Å². The van der Waals surface area contributed by atoms with Crippen molar-refractivity contribution in [1.29, 1.82) is 0 Å². The maximum atomic E-state index is 14.0. The van der Waals surface area contributed by atoms with Crippen LogP contribution < -0.4 is 4.90 Å². The van der Waals surface area contributed by atoms with E-state index < -0.39 is 0 Å². The van der Waals surface area contributed by atoms with Crippen LogP contribution in [0, 0.1) is 12.7 Å². The van der Waals surface area contributed by atoms with E-state index in [1.807, 2.05) is 36.1 Å². The van der Waals surface area contributed by atoms with Crippen molar-refractivity contribution < 1.29 is 13.6 Å². The first kappa shape index (κ1) is 17.1. The molecule has 1 fully saturated rings. The molecule has 2 heterocycles. The maximum Gasteiger partial charge on any atom is 0.290 e. The minimum absolute atomic E-state index is 0.108. The zero-order valence-electron chi connectivity index (χ0n) is 14.3. The summed E-state index contributed by atoms with van der Waals surface area (Å²) in [6.45, 7) is 4.16. The summed E-state index contributed by atoms with van der Waals surface area (Å²) in [5, 5.41) is 0.938. The second-order valence-electron chi connectivity index (χ2n) is 6.43. The van der Waals surface area contributed by atoms with Crippen LogP contribution in [0.1, 0.15) is 16.1 Å². The van der Waals surface area contributed by atoms with E-state index in [4.69, 9.17) is 4.42 Å². The number of nitrogens with zero attached hydrogens (tertiary/aromatic N) is 2. The molecule has 1 aliphatic rings. The van der Waals surface area contributed by atoms with E-state index in [2.05, 4.69) is 15.9 Å². The van der Waals surface area contributed by atoms with Crippen molar-refractivity contribution in [2.75, 3.05) is 31.1 Å². The lowest BCUT2D eigenvalue weighted by molar-refractivity contribution is 0.0716. The lowest BCUT2D eigenvalue weighted by atomic mass is 10.1. The highest BCUT2D eigenvalue weighted by Gasteiger charge is 2.27. The van der Waals surface area contributed by atoms with Gasteiger partial charge in [-0.25, -0.2) is 4.39 Å². The molecule has 0 saturated carbocycles. The SMILES string of the molecule is Cc1c(C(=O)N2CCN(c3ccccc3F)CC2)oc2ccc(Br)cc12. The van der Waals surface area contributed by atoms with Gasteiger partial charge >= 0.3 is 0 Å². The van der Waals surface area contributed by atoms with Gasteiger partial charge in [0.05, 0.1) is 5.69 Å². The predicted molar refractivity (Wildman–Crippen MR) is 103 cm³/mol. The Hall–Kier alpha value is -2.34. The van der Waals surface area contributed by atoms with E-state index in [-0.39, 0.29) is 11.7 Å². The van der Waals surface area contributed by atoms with E-state index in [0.29, 0.717) is 43.2 Å². The average Bonchev–Trinajstić information content (AvgIpc) is 2.98. The van der Waals surface area contributed by atoms with Crippen LogP contribution in [-0.4, -0.2) is 37.0 Å². The molecule has 134 valence electrons. The number of para-hydroxylation sites is 1. The van der Waals surface area contributed by atoms with Crippen LogP contribution in [-0.2, 0) is 0 Å². The van der Waals surface area contributed by atoms with E-state index in [1.54, 1.807) is 17.0 Å². The second-order valence-corrected chi connectivity index (χ2v) is 7.34. The fraction of sp³-hybridized carbons (Fsp3) is 0.250. The molecule has 4 nitrogen and oxygen atoms in total.